The molecule has 4 heteroatoms. The number of pyridine rings is 2. The van der Waals surface area contributed by atoms with Crippen molar-refractivity contribution in [1.82, 2.24) is 9.97 Å². The molecule has 0 unspecified atom stereocenters. The average molecular weight is 284 g/mol. The minimum atomic E-state index is 0.503. The summed E-state index contributed by atoms with van der Waals surface area (Å²) in [5.74, 6) is 0. The van der Waals surface area contributed by atoms with Gasteiger partial charge in [-0.3, -0.25) is 4.98 Å². The van der Waals surface area contributed by atoms with Crippen molar-refractivity contribution in [2.75, 3.05) is 5.32 Å². The van der Waals surface area contributed by atoms with Gasteiger partial charge in [-0.25, -0.2) is 4.98 Å². The zero-order valence-corrected chi connectivity index (χ0v) is 11.9. The van der Waals surface area contributed by atoms with E-state index in [0.29, 0.717) is 11.7 Å². The Kier molecular flexibility index (Phi) is 3.52. The fourth-order valence-corrected chi connectivity index (χ4v) is 2.50. The van der Waals surface area contributed by atoms with Crippen molar-refractivity contribution in [3.05, 3.63) is 65.1 Å². The van der Waals surface area contributed by atoms with Crippen molar-refractivity contribution in [2.45, 2.75) is 13.5 Å². The maximum atomic E-state index is 6.13. The fourth-order valence-electron chi connectivity index (χ4n) is 2.23. The minimum Gasteiger partial charge on any atom is -0.378 e. The first kappa shape index (κ1) is 12.9. The summed E-state index contributed by atoms with van der Waals surface area (Å²) < 4.78 is 0. The molecule has 0 atom stereocenters. The maximum Gasteiger partial charge on any atom is 0.152 e. The first-order valence-electron chi connectivity index (χ1n) is 6.43. The third kappa shape index (κ3) is 2.45. The number of halogens is 1. The Hall–Kier alpha value is -2.13. The second kappa shape index (κ2) is 5.47. The van der Waals surface area contributed by atoms with Crippen molar-refractivity contribution in [1.29, 1.82) is 0 Å². The van der Waals surface area contributed by atoms with E-state index in [1.165, 1.54) is 5.56 Å². The van der Waals surface area contributed by atoms with E-state index in [1.54, 1.807) is 6.20 Å². The highest BCUT2D eigenvalue weighted by Gasteiger charge is 2.06. The summed E-state index contributed by atoms with van der Waals surface area (Å²) >= 11 is 6.13. The second-order valence-electron chi connectivity index (χ2n) is 4.63. The number of hydrogen-bond acceptors (Lipinski definition) is 3. The van der Waals surface area contributed by atoms with Crippen LogP contribution in [0.5, 0.6) is 0 Å². The van der Waals surface area contributed by atoms with Crippen molar-refractivity contribution in [3.8, 4) is 0 Å². The molecule has 1 N–H and O–H groups in total. The Morgan fingerprint density at radius 2 is 1.85 bits per heavy atom. The number of aryl methyl sites for hydroxylation is 1. The largest absolute Gasteiger partial charge is 0.378 e. The van der Waals surface area contributed by atoms with E-state index in [0.717, 1.165) is 22.2 Å². The molecule has 0 spiro atoms. The molecule has 0 saturated carbocycles. The van der Waals surface area contributed by atoms with Gasteiger partial charge in [-0.2, -0.15) is 0 Å². The van der Waals surface area contributed by atoms with Gasteiger partial charge >= 0.3 is 0 Å². The van der Waals surface area contributed by atoms with E-state index < -0.39 is 0 Å². The molecular formula is C16H14ClN3. The van der Waals surface area contributed by atoms with Crippen molar-refractivity contribution in [2.24, 2.45) is 0 Å². The number of nitrogens with zero attached hydrogens (tertiary/aromatic N) is 2. The Morgan fingerprint density at radius 1 is 1.05 bits per heavy atom. The van der Waals surface area contributed by atoms with E-state index in [4.69, 9.17) is 11.6 Å². The summed E-state index contributed by atoms with van der Waals surface area (Å²) in [4.78, 5) is 8.47. The van der Waals surface area contributed by atoms with Gasteiger partial charge in [-0.1, -0.05) is 29.8 Å². The highest BCUT2D eigenvalue weighted by Crippen LogP contribution is 2.24. The third-order valence-corrected chi connectivity index (χ3v) is 3.59. The van der Waals surface area contributed by atoms with Crippen LogP contribution < -0.4 is 5.32 Å². The van der Waals surface area contributed by atoms with Gasteiger partial charge in [0.1, 0.15) is 0 Å². The standard InChI is InChI=1S/C16H14ClN3/c1-11-6-8-19-16(17)15(11)20-10-12-7-9-18-14-5-3-2-4-13(12)14/h2-9,20H,10H2,1H3. The van der Waals surface area contributed by atoms with Crippen LogP contribution in [0.2, 0.25) is 5.15 Å². The van der Waals surface area contributed by atoms with Gasteiger partial charge in [0.15, 0.2) is 5.15 Å². The summed E-state index contributed by atoms with van der Waals surface area (Å²) in [6.45, 7) is 2.70. The Labute approximate surface area is 122 Å². The van der Waals surface area contributed by atoms with Gasteiger partial charge in [-0.15, -0.1) is 0 Å². The average Bonchev–Trinajstić information content (AvgIpc) is 2.47. The number of rotatable bonds is 3. The predicted molar refractivity (Wildman–Crippen MR) is 83.1 cm³/mol. The molecule has 3 nitrogen and oxygen atoms in total. The molecule has 20 heavy (non-hydrogen) atoms. The molecule has 2 aromatic heterocycles. The summed E-state index contributed by atoms with van der Waals surface area (Å²) in [6.07, 6.45) is 3.54. The zero-order valence-electron chi connectivity index (χ0n) is 11.1. The highest BCUT2D eigenvalue weighted by atomic mass is 35.5. The van der Waals surface area contributed by atoms with E-state index in [9.17, 15) is 0 Å². The lowest BCUT2D eigenvalue weighted by molar-refractivity contribution is 1.13. The Balaban J connectivity index is 1.91. The lowest BCUT2D eigenvalue weighted by Crippen LogP contribution is -2.03. The summed E-state index contributed by atoms with van der Waals surface area (Å²) in [6, 6.07) is 12.1. The zero-order chi connectivity index (χ0) is 13.9. The molecule has 3 rings (SSSR count). The molecule has 0 saturated heterocycles. The quantitative estimate of drug-likeness (QED) is 0.732. The van der Waals surface area contributed by atoms with Crippen molar-refractivity contribution >= 4 is 28.2 Å². The van der Waals surface area contributed by atoms with E-state index in [-0.39, 0.29) is 0 Å². The highest BCUT2D eigenvalue weighted by molar-refractivity contribution is 6.32. The molecule has 0 fully saturated rings. The first-order valence-corrected chi connectivity index (χ1v) is 6.81. The van der Waals surface area contributed by atoms with Crippen LogP contribution in [0.1, 0.15) is 11.1 Å². The Bertz CT molecular complexity index is 730. The van der Waals surface area contributed by atoms with Crippen LogP contribution >= 0.6 is 11.6 Å². The van der Waals surface area contributed by atoms with Crippen LogP contribution in [0.25, 0.3) is 10.9 Å². The summed E-state index contributed by atoms with van der Waals surface area (Å²) in [7, 11) is 0. The van der Waals surface area contributed by atoms with Crippen LogP contribution in [0, 0.1) is 6.92 Å². The van der Waals surface area contributed by atoms with Gasteiger partial charge in [0.25, 0.3) is 0 Å². The van der Waals surface area contributed by atoms with E-state index in [2.05, 4.69) is 21.4 Å². The normalized spacial score (nSPS) is 10.7. The summed E-state index contributed by atoms with van der Waals surface area (Å²) in [5, 5.41) is 5.02. The minimum absolute atomic E-state index is 0.503. The number of hydrogen-bond donors (Lipinski definition) is 1. The number of nitrogens with one attached hydrogen (secondary N) is 1. The number of aromatic nitrogens is 2. The monoisotopic (exact) mass is 283 g/mol. The van der Waals surface area contributed by atoms with Gasteiger partial charge < -0.3 is 5.32 Å². The van der Waals surface area contributed by atoms with Gasteiger partial charge in [0, 0.05) is 24.3 Å². The number of benzene rings is 1. The number of anilines is 1. The molecule has 0 radical (unpaired) electrons. The molecule has 0 aliphatic heterocycles. The maximum absolute atomic E-state index is 6.13. The van der Waals surface area contributed by atoms with Crippen molar-refractivity contribution in [3.63, 3.8) is 0 Å². The van der Waals surface area contributed by atoms with Crippen LogP contribution in [0.4, 0.5) is 5.69 Å². The van der Waals surface area contributed by atoms with Gasteiger partial charge in [-0.05, 0) is 36.2 Å². The van der Waals surface area contributed by atoms with E-state index >= 15 is 0 Å². The molecule has 0 bridgehead atoms. The van der Waals surface area contributed by atoms with E-state index in [1.807, 2.05) is 43.5 Å². The summed E-state index contributed by atoms with van der Waals surface area (Å²) in [5.41, 5.74) is 4.16. The first-order chi connectivity index (χ1) is 9.75. The number of para-hydroxylation sites is 1. The van der Waals surface area contributed by atoms with Gasteiger partial charge in [0.05, 0.1) is 11.2 Å². The molecule has 0 amide bonds. The molecule has 0 aliphatic rings. The Morgan fingerprint density at radius 3 is 2.70 bits per heavy atom. The van der Waals surface area contributed by atoms with Crippen LogP contribution in [0.3, 0.4) is 0 Å². The molecule has 2 heterocycles. The van der Waals surface area contributed by atoms with Crippen molar-refractivity contribution < 1.29 is 0 Å². The smallest absolute Gasteiger partial charge is 0.152 e. The topological polar surface area (TPSA) is 37.8 Å². The SMILES string of the molecule is Cc1ccnc(Cl)c1NCc1ccnc2ccccc12. The van der Waals surface area contributed by atoms with Crippen LogP contribution in [-0.4, -0.2) is 9.97 Å². The van der Waals surface area contributed by atoms with Crippen LogP contribution in [-0.2, 0) is 6.54 Å². The molecule has 0 aliphatic carbocycles. The molecular weight excluding hydrogens is 270 g/mol. The lowest BCUT2D eigenvalue weighted by atomic mass is 10.1. The molecule has 3 aromatic rings. The predicted octanol–water partition coefficient (Wildman–Crippen LogP) is 4.20. The van der Waals surface area contributed by atoms with Crippen LogP contribution in [0.15, 0.2) is 48.8 Å². The lowest BCUT2D eigenvalue weighted by Gasteiger charge is -2.12. The second-order valence-corrected chi connectivity index (χ2v) is 4.99. The molecule has 1 aromatic carbocycles. The third-order valence-electron chi connectivity index (χ3n) is 3.31. The van der Waals surface area contributed by atoms with Gasteiger partial charge in [0.2, 0.25) is 0 Å². The number of fused-ring (bicyclic) bond motifs is 1. The molecule has 100 valence electrons. The fraction of sp³-hybridized carbons (Fsp3) is 0.125.